The highest BCUT2D eigenvalue weighted by atomic mass is 32.2. The first kappa shape index (κ1) is 17.1. The Balaban J connectivity index is 1.60. The summed E-state index contributed by atoms with van der Waals surface area (Å²) in [5.74, 6) is 1.10. The van der Waals surface area contributed by atoms with Gasteiger partial charge in [0.2, 0.25) is 16.8 Å². The lowest BCUT2D eigenvalue weighted by Gasteiger charge is -2.08. The van der Waals surface area contributed by atoms with E-state index in [1.54, 1.807) is 37.3 Å². The molecule has 0 fully saturated rings. The van der Waals surface area contributed by atoms with Crippen molar-refractivity contribution < 1.29 is 22.7 Å². The normalized spacial score (nSPS) is 12.7. The number of amides is 1. The highest BCUT2D eigenvalue weighted by molar-refractivity contribution is 7.92. The Morgan fingerprint density at radius 3 is 2.52 bits per heavy atom. The van der Waals surface area contributed by atoms with Gasteiger partial charge in [0.25, 0.3) is 5.91 Å². The lowest BCUT2D eigenvalue weighted by atomic mass is 10.1. The molecule has 0 aliphatic carbocycles. The van der Waals surface area contributed by atoms with Gasteiger partial charge in [-0.15, -0.1) is 0 Å². The highest BCUT2D eigenvalue weighted by Gasteiger charge is 2.14. The van der Waals surface area contributed by atoms with Gasteiger partial charge in [-0.25, -0.2) is 8.42 Å². The van der Waals surface area contributed by atoms with Crippen LogP contribution >= 0.6 is 0 Å². The standard InChI is InChI=1S/C17H18N2O5S/c1-2-25(21,22)19-14-6-4-13(5-7-14)17(20)18-10-12-3-8-15-16(9-12)24-11-23-15/h3-9,19H,2,10-11H2,1H3,(H,18,20). The van der Waals surface area contributed by atoms with Crippen LogP contribution in [0.4, 0.5) is 5.69 Å². The molecular weight excluding hydrogens is 344 g/mol. The van der Waals surface area contributed by atoms with Crippen LogP contribution in [-0.2, 0) is 16.6 Å². The Kier molecular flexibility index (Phi) is 4.80. The van der Waals surface area contributed by atoms with E-state index in [9.17, 15) is 13.2 Å². The number of ether oxygens (including phenoxy) is 2. The SMILES string of the molecule is CCS(=O)(=O)Nc1ccc(C(=O)NCc2ccc3c(c2)OCO3)cc1. The first-order valence-corrected chi connectivity index (χ1v) is 9.39. The Hall–Kier alpha value is -2.74. The molecule has 2 N–H and O–H groups in total. The minimum absolute atomic E-state index is 0.00916. The van der Waals surface area contributed by atoms with Crippen molar-refractivity contribution in [2.75, 3.05) is 17.3 Å². The van der Waals surface area contributed by atoms with Crippen LogP contribution < -0.4 is 19.5 Å². The average Bonchev–Trinajstić information content (AvgIpc) is 3.08. The molecule has 0 saturated heterocycles. The summed E-state index contributed by atoms with van der Waals surface area (Å²) < 4.78 is 36.0. The number of benzene rings is 2. The second-order valence-corrected chi connectivity index (χ2v) is 7.46. The van der Waals surface area contributed by atoms with Gasteiger partial charge in [0.15, 0.2) is 11.5 Å². The van der Waals surface area contributed by atoms with Gasteiger partial charge < -0.3 is 14.8 Å². The second kappa shape index (κ2) is 7.02. The number of carbonyl (C=O) groups excluding carboxylic acids is 1. The molecule has 1 amide bonds. The van der Waals surface area contributed by atoms with Gasteiger partial charge in [0.05, 0.1) is 5.75 Å². The molecule has 0 atom stereocenters. The maximum Gasteiger partial charge on any atom is 0.251 e. The van der Waals surface area contributed by atoms with E-state index >= 15 is 0 Å². The van der Waals surface area contributed by atoms with Gasteiger partial charge in [-0.3, -0.25) is 9.52 Å². The number of carbonyl (C=O) groups is 1. The summed E-state index contributed by atoms with van der Waals surface area (Å²) in [6.45, 7) is 2.11. The highest BCUT2D eigenvalue weighted by Crippen LogP contribution is 2.32. The Morgan fingerprint density at radius 2 is 1.80 bits per heavy atom. The summed E-state index contributed by atoms with van der Waals surface area (Å²) in [5, 5.41) is 2.81. The molecule has 0 spiro atoms. The van der Waals surface area contributed by atoms with Crippen molar-refractivity contribution in [3.63, 3.8) is 0 Å². The third kappa shape index (κ3) is 4.21. The molecule has 3 rings (SSSR count). The van der Waals surface area contributed by atoms with Crippen molar-refractivity contribution in [2.45, 2.75) is 13.5 Å². The van der Waals surface area contributed by atoms with Gasteiger partial charge in [-0.1, -0.05) is 6.07 Å². The Bertz CT molecular complexity index is 878. The minimum atomic E-state index is -3.33. The smallest absolute Gasteiger partial charge is 0.251 e. The predicted octanol–water partition coefficient (Wildman–Crippen LogP) is 2.11. The van der Waals surface area contributed by atoms with Crippen molar-refractivity contribution in [3.8, 4) is 11.5 Å². The third-order valence-corrected chi connectivity index (χ3v) is 5.00. The summed E-state index contributed by atoms with van der Waals surface area (Å²) in [4.78, 5) is 12.2. The summed E-state index contributed by atoms with van der Waals surface area (Å²) in [5.41, 5.74) is 1.76. The average molecular weight is 362 g/mol. The first-order chi connectivity index (χ1) is 12.0. The van der Waals surface area contributed by atoms with Gasteiger partial charge >= 0.3 is 0 Å². The lowest BCUT2D eigenvalue weighted by Crippen LogP contribution is -2.22. The van der Waals surface area contributed by atoms with Crippen molar-refractivity contribution in [1.82, 2.24) is 5.32 Å². The van der Waals surface area contributed by atoms with Crippen LogP contribution in [0.25, 0.3) is 0 Å². The van der Waals surface area contributed by atoms with E-state index in [0.29, 0.717) is 29.3 Å². The van der Waals surface area contributed by atoms with E-state index in [1.165, 1.54) is 0 Å². The summed E-state index contributed by atoms with van der Waals surface area (Å²) in [6.07, 6.45) is 0. The number of sulfonamides is 1. The van der Waals surface area contributed by atoms with E-state index in [4.69, 9.17) is 9.47 Å². The van der Waals surface area contributed by atoms with Crippen LogP contribution in [0.1, 0.15) is 22.8 Å². The molecular formula is C17H18N2O5S. The molecule has 0 unspecified atom stereocenters. The maximum absolute atomic E-state index is 12.2. The lowest BCUT2D eigenvalue weighted by molar-refractivity contribution is 0.0951. The van der Waals surface area contributed by atoms with E-state index in [2.05, 4.69) is 10.0 Å². The van der Waals surface area contributed by atoms with Crippen molar-refractivity contribution in [1.29, 1.82) is 0 Å². The van der Waals surface area contributed by atoms with Gasteiger partial charge in [0.1, 0.15) is 0 Å². The van der Waals surface area contributed by atoms with Crippen LogP contribution in [-0.4, -0.2) is 26.9 Å². The number of anilines is 1. The number of fused-ring (bicyclic) bond motifs is 1. The zero-order chi connectivity index (χ0) is 17.9. The zero-order valence-corrected chi connectivity index (χ0v) is 14.4. The summed E-state index contributed by atoms with van der Waals surface area (Å²) in [7, 11) is -3.33. The third-order valence-electron chi connectivity index (χ3n) is 3.69. The van der Waals surface area contributed by atoms with Gasteiger partial charge in [0, 0.05) is 17.8 Å². The molecule has 132 valence electrons. The zero-order valence-electron chi connectivity index (χ0n) is 13.6. The van der Waals surface area contributed by atoms with E-state index in [1.807, 2.05) is 12.1 Å². The molecule has 0 radical (unpaired) electrons. The van der Waals surface area contributed by atoms with Crippen LogP contribution in [0, 0.1) is 0 Å². The predicted molar refractivity (Wildman–Crippen MR) is 93.3 cm³/mol. The molecule has 0 aromatic heterocycles. The molecule has 2 aromatic carbocycles. The van der Waals surface area contributed by atoms with Crippen LogP contribution in [0.15, 0.2) is 42.5 Å². The summed E-state index contributed by atoms with van der Waals surface area (Å²) >= 11 is 0. The fourth-order valence-electron chi connectivity index (χ4n) is 2.28. The molecule has 2 aromatic rings. The van der Waals surface area contributed by atoms with E-state index in [0.717, 1.165) is 5.56 Å². The van der Waals surface area contributed by atoms with Crippen LogP contribution in [0.3, 0.4) is 0 Å². The molecule has 7 nitrogen and oxygen atoms in total. The van der Waals surface area contributed by atoms with Crippen LogP contribution in [0.2, 0.25) is 0 Å². The first-order valence-electron chi connectivity index (χ1n) is 7.74. The van der Waals surface area contributed by atoms with Crippen molar-refractivity contribution in [3.05, 3.63) is 53.6 Å². The Labute approximate surface area is 146 Å². The molecule has 8 heteroatoms. The van der Waals surface area contributed by atoms with E-state index < -0.39 is 10.0 Å². The van der Waals surface area contributed by atoms with Crippen LogP contribution in [0.5, 0.6) is 11.5 Å². The minimum Gasteiger partial charge on any atom is -0.454 e. The fourth-order valence-corrected chi connectivity index (χ4v) is 2.92. The van der Waals surface area contributed by atoms with Crippen molar-refractivity contribution in [2.24, 2.45) is 0 Å². The second-order valence-electron chi connectivity index (χ2n) is 5.45. The fraction of sp³-hybridized carbons (Fsp3) is 0.235. The maximum atomic E-state index is 12.2. The molecule has 1 aliphatic heterocycles. The molecule has 25 heavy (non-hydrogen) atoms. The largest absolute Gasteiger partial charge is 0.454 e. The monoisotopic (exact) mass is 362 g/mol. The summed E-state index contributed by atoms with van der Waals surface area (Å²) in [6, 6.07) is 11.7. The number of nitrogens with one attached hydrogen (secondary N) is 2. The molecule has 1 aliphatic rings. The molecule has 0 bridgehead atoms. The number of rotatable bonds is 6. The number of hydrogen-bond donors (Lipinski definition) is 2. The van der Waals surface area contributed by atoms with Crippen molar-refractivity contribution >= 4 is 21.6 Å². The van der Waals surface area contributed by atoms with Gasteiger partial charge in [-0.2, -0.15) is 0 Å². The topological polar surface area (TPSA) is 93.7 Å². The molecule has 1 heterocycles. The van der Waals surface area contributed by atoms with Gasteiger partial charge in [-0.05, 0) is 48.9 Å². The Morgan fingerprint density at radius 1 is 1.08 bits per heavy atom. The van der Waals surface area contributed by atoms with E-state index in [-0.39, 0.29) is 18.5 Å². The molecule has 0 saturated carbocycles. The quantitative estimate of drug-likeness (QED) is 0.821. The number of hydrogen-bond acceptors (Lipinski definition) is 5.